The fraction of sp³-hybridized carbons (Fsp3) is 0.136. The van der Waals surface area contributed by atoms with E-state index in [1.54, 1.807) is 0 Å². The summed E-state index contributed by atoms with van der Waals surface area (Å²) in [6.07, 6.45) is 0. The van der Waals surface area contributed by atoms with Gasteiger partial charge in [-0.15, -0.1) is 0 Å². The molecule has 3 N–H and O–H groups in total. The Bertz CT molecular complexity index is 865. The molecule has 27 heavy (non-hydrogen) atoms. The van der Waals surface area contributed by atoms with Crippen LogP contribution in [0.4, 0.5) is 0 Å². The Morgan fingerprint density at radius 2 is 1.56 bits per heavy atom. The van der Waals surface area contributed by atoms with Crippen molar-refractivity contribution in [2.75, 3.05) is 0 Å². The maximum absolute atomic E-state index is 11.7. The standard InChI is InChI=1S/C22H21ClN2O2/c23-19-10-6-17(7-11-19)15-27-20-12-8-16(9-13-20)14-25-21(22(24)26)18-4-2-1-3-5-18/h1-13,21,25H,14-15H2,(H2,24,26)/t21-/m0/s1. The van der Waals surface area contributed by atoms with E-state index in [9.17, 15) is 4.79 Å². The molecule has 3 aromatic carbocycles. The Morgan fingerprint density at radius 3 is 2.19 bits per heavy atom. The number of halogens is 1. The van der Waals surface area contributed by atoms with Crippen molar-refractivity contribution >= 4 is 17.5 Å². The van der Waals surface area contributed by atoms with Gasteiger partial charge in [0, 0.05) is 11.6 Å². The fourth-order valence-electron chi connectivity index (χ4n) is 2.70. The van der Waals surface area contributed by atoms with Crippen LogP contribution in [0.1, 0.15) is 22.7 Å². The van der Waals surface area contributed by atoms with Crippen LogP contribution in [-0.4, -0.2) is 5.91 Å². The molecule has 138 valence electrons. The molecule has 0 aromatic heterocycles. The number of benzene rings is 3. The van der Waals surface area contributed by atoms with Crippen molar-refractivity contribution in [3.8, 4) is 5.75 Å². The average Bonchev–Trinajstić information content (AvgIpc) is 2.69. The first-order valence-electron chi connectivity index (χ1n) is 8.65. The van der Waals surface area contributed by atoms with Gasteiger partial charge in [0.2, 0.25) is 5.91 Å². The lowest BCUT2D eigenvalue weighted by Crippen LogP contribution is -2.33. The van der Waals surface area contributed by atoms with E-state index in [1.807, 2.05) is 78.9 Å². The van der Waals surface area contributed by atoms with Crippen LogP contribution < -0.4 is 15.8 Å². The van der Waals surface area contributed by atoms with Gasteiger partial charge in [0.05, 0.1) is 0 Å². The Morgan fingerprint density at radius 1 is 0.926 bits per heavy atom. The Balaban J connectivity index is 1.55. The van der Waals surface area contributed by atoms with Crippen LogP contribution in [-0.2, 0) is 17.9 Å². The molecular formula is C22H21ClN2O2. The van der Waals surface area contributed by atoms with E-state index >= 15 is 0 Å². The summed E-state index contributed by atoms with van der Waals surface area (Å²) in [6.45, 7) is 1.01. The number of nitrogens with one attached hydrogen (secondary N) is 1. The summed E-state index contributed by atoms with van der Waals surface area (Å²) in [5.41, 5.74) is 8.48. The number of rotatable bonds is 8. The molecule has 0 bridgehead atoms. The zero-order chi connectivity index (χ0) is 19.1. The van der Waals surface area contributed by atoms with Gasteiger partial charge < -0.3 is 10.5 Å². The van der Waals surface area contributed by atoms with Crippen molar-refractivity contribution in [1.82, 2.24) is 5.32 Å². The van der Waals surface area contributed by atoms with E-state index < -0.39 is 11.9 Å². The first-order chi connectivity index (χ1) is 13.1. The highest BCUT2D eigenvalue weighted by atomic mass is 35.5. The van der Waals surface area contributed by atoms with E-state index in [0.29, 0.717) is 18.2 Å². The van der Waals surface area contributed by atoms with Gasteiger partial charge in [-0.05, 0) is 41.0 Å². The first kappa shape index (κ1) is 19.0. The summed E-state index contributed by atoms with van der Waals surface area (Å²) in [4.78, 5) is 11.7. The topological polar surface area (TPSA) is 64.4 Å². The predicted octanol–water partition coefficient (Wildman–Crippen LogP) is 4.24. The molecule has 0 heterocycles. The zero-order valence-electron chi connectivity index (χ0n) is 14.8. The number of hydrogen-bond acceptors (Lipinski definition) is 3. The van der Waals surface area contributed by atoms with Crippen molar-refractivity contribution in [3.05, 3.63) is 101 Å². The third-order valence-electron chi connectivity index (χ3n) is 4.17. The summed E-state index contributed by atoms with van der Waals surface area (Å²) in [5, 5.41) is 3.92. The number of carbonyl (C=O) groups is 1. The molecule has 0 unspecified atom stereocenters. The van der Waals surface area contributed by atoms with Crippen molar-refractivity contribution in [2.24, 2.45) is 5.73 Å². The van der Waals surface area contributed by atoms with E-state index in [-0.39, 0.29) is 0 Å². The molecule has 0 fully saturated rings. The summed E-state index contributed by atoms with van der Waals surface area (Å²) >= 11 is 5.88. The van der Waals surface area contributed by atoms with E-state index in [4.69, 9.17) is 22.1 Å². The largest absolute Gasteiger partial charge is 0.489 e. The Labute approximate surface area is 163 Å². The Hall–Kier alpha value is -2.82. The van der Waals surface area contributed by atoms with Crippen LogP contribution in [0, 0.1) is 0 Å². The lowest BCUT2D eigenvalue weighted by Gasteiger charge is -2.16. The number of nitrogens with two attached hydrogens (primary N) is 1. The second-order valence-corrected chi connectivity index (χ2v) is 6.62. The molecule has 3 aromatic rings. The van der Waals surface area contributed by atoms with Crippen molar-refractivity contribution in [3.63, 3.8) is 0 Å². The maximum Gasteiger partial charge on any atom is 0.239 e. The monoisotopic (exact) mass is 380 g/mol. The molecule has 1 atom stereocenters. The van der Waals surface area contributed by atoms with Crippen LogP contribution in [0.25, 0.3) is 0 Å². The molecule has 3 rings (SSSR count). The summed E-state index contributed by atoms with van der Waals surface area (Å²) in [6, 6.07) is 24.3. The predicted molar refractivity (Wildman–Crippen MR) is 107 cm³/mol. The van der Waals surface area contributed by atoms with E-state index in [2.05, 4.69) is 5.32 Å². The zero-order valence-corrected chi connectivity index (χ0v) is 15.5. The van der Waals surface area contributed by atoms with Gasteiger partial charge in [-0.3, -0.25) is 10.1 Å². The van der Waals surface area contributed by atoms with Gasteiger partial charge in [-0.25, -0.2) is 0 Å². The van der Waals surface area contributed by atoms with E-state index in [1.165, 1.54) is 0 Å². The average molecular weight is 381 g/mol. The summed E-state index contributed by atoms with van der Waals surface area (Å²) in [5.74, 6) is 0.382. The molecular weight excluding hydrogens is 360 g/mol. The fourth-order valence-corrected chi connectivity index (χ4v) is 2.82. The highest BCUT2D eigenvalue weighted by Crippen LogP contribution is 2.17. The van der Waals surface area contributed by atoms with Gasteiger partial charge in [-0.1, -0.05) is 66.2 Å². The lowest BCUT2D eigenvalue weighted by molar-refractivity contribution is -0.120. The highest BCUT2D eigenvalue weighted by Gasteiger charge is 2.16. The second-order valence-electron chi connectivity index (χ2n) is 6.19. The molecule has 0 radical (unpaired) electrons. The normalized spacial score (nSPS) is 11.7. The number of ether oxygens (including phenoxy) is 1. The summed E-state index contributed by atoms with van der Waals surface area (Å²) in [7, 11) is 0. The molecule has 0 aliphatic heterocycles. The lowest BCUT2D eigenvalue weighted by atomic mass is 10.1. The van der Waals surface area contributed by atoms with Gasteiger partial charge in [-0.2, -0.15) is 0 Å². The number of amides is 1. The maximum atomic E-state index is 11.7. The van der Waals surface area contributed by atoms with Crippen LogP contribution in [0.15, 0.2) is 78.9 Å². The smallest absolute Gasteiger partial charge is 0.239 e. The van der Waals surface area contributed by atoms with Gasteiger partial charge in [0.15, 0.2) is 0 Å². The van der Waals surface area contributed by atoms with Gasteiger partial charge in [0.25, 0.3) is 0 Å². The minimum atomic E-state index is -0.521. The SMILES string of the molecule is NC(=O)[C@@H](NCc1ccc(OCc2ccc(Cl)cc2)cc1)c1ccccc1. The minimum Gasteiger partial charge on any atom is -0.489 e. The Kier molecular flexibility index (Phi) is 6.47. The minimum absolute atomic E-state index is 0.399. The van der Waals surface area contributed by atoms with Crippen LogP contribution >= 0.6 is 11.6 Å². The van der Waals surface area contributed by atoms with Crippen LogP contribution in [0.5, 0.6) is 5.75 Å². The first-order valence-corrected chi connectivity index (χ1v) is 9.03. The molecule has 0 aliphatic carbocycles. The third kappa shape index (κ3) is 5.58. The van der Waals surface area contributed by atoms with Crippen LogP contribution in [0.3, 0.4) is 0 Å². The van der Waals surface area contributed by atoms with Gasteiger partial charge >= 0.3 is 0 Å². The molecule has 1 amide bonds. The number of carbonyl (C=O) groups excluding carboxylic acids is 1. The molecule has 0 saturated heterocycles. The molecule has 4 nitrogen and oxygen atoms in total. The van der Waals surface area contributed by atoms with E-state index in [0.717, 1.165) is 22.4 Å². The second kappa shape index (κ2) is 9.21. The van der Waals surface area contributed by atoms with Crippen molar-refractivity contribution < 1.29 is 9.53 Å². The number of hydrogen-bond donors (Lipinski definition) is 2. The molecule has 0 saturated carbocycles. The molecule has 0 aliphatic rings. The summed E-state index contributed by atoms with van der Waals surface area (Å²) < 4.78 is 5.78. The van der Waals surface area contributed by atoms with Gasteiger partial charge in [0.1, 0.15) is 18.4 Å². The van der Waals surface area contributed by atoms with Crippen molar-refractivity contribution in [1.29, 1.82) is 0 Å². The quantitative estimate of drug-likeness (QED) is 0.614. The molecule has 5 heteroatoms. The van der Waals surface area contributed by atoms with Crippen molar-refractivity contribution in [2.45, 2.75) is 19.2 Å². The van der Waals surface area contributed by atoms with Crippen LogP contribution in [0.2, 0.25) is 5.02 Å². The third-order valence-corrected chi connectivity index (χ3v) is 4.42. The molecule has 0 spiro atoms. The highest BCUT2D eigenvalue weighted by molar-refractivity contribution is 6.30. The number of primary amides is 1.